The largest absolute Gasteiger partial charge is 0.349 e. The molecule has 3 nitrogen and oxygen atoms in total. The van der Waals surface area contributed by atoms with E-state index in [1.165, 1.54) is 25.7 Å². The summed E-state index contributed by atoms with van der Waals surface area (Å²) < 4.78 is 0. The number of carbonyl (C=O) groups is 1. The molecule has 0 spiro atoms. The third-order valence-corrected chi connectivity index (χ3v) is 3.36. The molecule has 0 heterocycles. The van der Waals surface area contributed by atoms with Gasteiger partial charge in [-0.2, -0.15) is 0 Å². The lowest BCUT2D eigenvalue weighted by Crippen LogP contribution is -2.39. The van der Waals surface area contributed by atoms with E-state index in [0.29, 0.717) is 12.5 Å². The zero-order valence-electron chi connectivity index (χ0n) is 10.3. The van der Waals surface area contributed by atoms with E-state index in [4.69, 9.17) is 0 Å². The number of nitrogens with one attached hydrogen (secondary N) is 1. The van der Waals surface area contributed by atoms with E-state index in [1.54, 1.807) is 4.90 Å². The fourth-order valence-electron chi connectivity index (χ4n) is 2.21. The molecular formula is C12H24N2O. The van der Waals surface area contributed by atoms with Crippen LogP contribution in [0.15, 0.2) is 0 Å². The van der Waals surface area contributed by atoms with Gasteiger partial charge in [-0.25, -0.2) is 0 Å². The van der Waals surface area contributed by atoms with Crippen molar-refractivity contribution in [2.24, 2.45) is 5.92 Å². The van der Waals surface area contributed by atoms with E-state index in [9.17, 15) is 4.79 Å². The summed E-state index contributed by atoms with van der Waals surface area (Å²) in [5, 5.41) is 3.51. The molecule has 1 N–H and O–H groups in total. The molecule has 15 heavy (non-hydrogen) atoms. The van der Waals surface area contributed by atoms with Crippen LogP contribution >= 0.6 is 0 Å². The molecule has 0 aromatic rings. The van der Waals surface area contributed by atoms with Gasteiger partial charge in [-0.05, 0) is 18.8 Å². The summed E-state index contributed by atoms with van der Waals surface area (Å²) in [6.07, 6.45) is 5.94. The maximum Gasteiger partial charge on any atom is 0.223 e. The first-order valence-corrected chi connectivity index (χ1v) is 6.05. The van der Waals surface area contributed by atoms with Crippen LogP contribution < -0.4 is 5.32 Å². The molecule has 0 aliphatic heterocycles. The monoisotopic (exact) mass is 212 g/mol. The molecule has 2 atom stereocenters. The lowest BCUT2D eigenvalue weighted by molar-refractivity contribution is -0.128. The van der Waals surface area contributed by atoms with Crippen molar-refractivity contribution in [3.63, 3.8) is 0 Å². The summed E-state index contributed by atoms with van der Waals surface area (Å²) in [6.45, 7) is 3.14. The van der Waals surface area contributed by atoms with Crippen molar-refractivity contribution >= 4 is 5.91 Å². The van der Waals surface area contributed by atoms with E-state index in [0.717, 1.165) is 12.5 Å². The van der Waals surface area contributed by atoms with Crippen LogP contribution in [0.2, 0.25) is 0 Å². The molecule has 1 aliphatic rings. The number of rotatable bonds is 4. The van der Waals surface area contributed by atoms with E-state index in [1.807, 2.05) is 14.1 Å². The van der Waals surface area contributed by atoms with E-state index < -0.39 is 0 Å². The highest BCUT2D eigenvalue weighted by Crippen LogP contribution is 2.23. The lowest BCUT2D eigenvalue weighted by atomic mass is 9.86. The van der Waals surface area contributed by atoms with Crippen molar-refractivity contribution in [2.75, 3.05) is 20.6 Å². The second kappa shape index (κ2) is 6.11. The minimum atomic E-state index is 0.214. The minimum Gasteiger partial charge on any atom is -0.349 e. The van der Waals surface area contributed by atoms with Crippen molar-refractivity contribution in [2.45, 2.75) is 45.1 Å². The molecule has 0 aromatic carbocycles. The molecule has 0 radical (unpaired) electrons. The van der Waals surface area contributed by atoms with Gasteiger partial charge in [0.1, 0.15) is 0 Å². The normalized spacial score (nSPS) is 26.3. The molecule has 1 saturated carbocycles. The number of hydrogen-bond acceptors (Lipinski definition) is 2. The SMILES string of the molecule is CC1CCCCC1NCCC(=O)N(C)C. The van der Waals surface area contributed by atoms with Gasteiger partial charge in [0.05, 0.1) is 0 Å². The summed E-state index contributed by atoms with van der Waals surface area (Å²) >= 11 is 0. The van der Waals surface area contributed by atoms with Crippen molar-refractivity contribution in [1.29, 1.82) is 0 Å². The van der Waals surface area contributed by atoms with Gasteiger partial charge in [0.25, 0.3) is 0 Å². The average Bonchev–Trinajstić information content (AvgIpc) is 2.20. The molecule has 1 amide bonds. The van der Waals surface area contributed by atoms with Crippen LogP contribution in [0.4, 0.5) is 0 Å². The van der Waals surface area contributed by atoms with Crippen LogP contribution in [0.3, 0.4) is 0 Å². The van der Waals surface area contributed by atoms with Gasteiger partial charge in [-0.15, -0.1) is 0 Å². The molecule has 1 fully saturated rings. The van der Waals surface area contributed by atoms with Crippen LogP contribution in [0.1, 0.15) is 39.0 Å². The highest BCUT2D eigenvalue weighted by molar-refractivity contribution is 5.75. The number of hydrogen-bond donors (Lipinski definition) is 1. The molecule has 1 rings (SSSR count). The van der Waals surface area contributed by atoms with E-state index >= 15 is 0 Å². The van der Waals surface area contributed by atoms with Gasteiger partial charge in [0.15, 0.2) is 0 Å². The second-order valence-corrected chi connectivity index (χ2v) is 4.86. The van der Waals surface area contributed by atoms with Crippen LogP contribution in [0.25, 0.3) is 0 Å². The predicted molar refractivity (Wildman–Crippen MR) is 62.7 cm³/mol. The Balaban J connectivity index is 2.16. The predicted octanol–water partition coefficient (Wildman–Crippen LogP) is 1.63. The second-order valence-electron chi connectivity index (χ2n) is 4.86. The van der Waals surface area contributed by atoms with Gasteiger partial charge in [-0.3, -0.25) is 4.79 Å². The van der Waals surface area contributed by atoms with Gasteiger partial charge in [-0.1, -0.05) is 19.8 Å². The zero-order valence-corrected chi connectivity index (χ0v) is 10.3. The summed E-state index contributed by atoms with van der Waals surface area (Å²) in [7, 11) is 3.62. The first kappa shape index (κ1) is 12.5. The van der Waals surface area contributed by atoms with Gasteiger partial charge < -0.3 is 10.2 Å². The van der Waals surface area contributed by atoms with Crippen molar-refractivity contribution in [1.82, 2.24) is 10.2 Å². The minimum absolute atomic E-state index is 0.214. The van der Waals surface area contributed by atoms with Crippen LogP contribution in [0.5, 0.6) is 0 Å². The van der Waals surface area contributed by atoms with Crippen LogP contribution in [-0.2, 0) is 4.79 Å². The standard InChI is InChI=1S/C12H24N2O/c1-10-6-4-5-7-11(10)13-9-8-12(15)14(2)3/h10-11,13H,4-9H2,1-3H3. The van der Waals surface area contributed by atoms with Crippen molar-refractivity contribution in [3.8, 4) is 0 Å². The highest BCUT2D eigenvalue weighted by Gasteiger charge is 2.20. The Morgan fingerprint density at radius 2 is 2.00 bits per heavy atom. The maximum atomic E-state index is 11.4. The Morgan fingerprint density at radius 3 is 2.60 bits per heavy atom. The number of nitrogens with zero attached hydrogens (tertiary/aromatic N) is 1. The van der Waals surface area contributed by atoms with E-state index in [2.05, 4.69) is 12.2 Å². The number of carbonyl (C=O) groups excluding carboxylic acids is 1. The molecule has 0 bridgehead atoms. The fourth-order valence-corrected chi connectivity index (χ4v) is 2.21. The quantitative estimate of drug-likeness (QED) is 0.768. The summed E-state index contributed by atoms with van der Waals surface area (Å²) in [5.74, 6) is 0.985. The molecule has 1 aliphatic carbocycles. The average molecular weight is 212 g/mol. The molecule has 0 saturated heterocycles. The van der Waals surface area contributed by atoms with Crippen LogP contribution in [0, 0.1) is 5.92 Å². The first-order chi connectivity index (χ1) is 7.11. The third kappa shape index (κ3) is 4.20. The summed E-state index contributed by atoms with van der Waals surface area (Å²) in [5.41, 5.74) is 0. The van der Waals surface area contributed by atoms with Gasteiger partial charge in [0.2, 0.25) is 5.91 Å². The van der Waals surface area contributed by atoms with Crippen LogP contribution in [-0.4, -0.2) is 37.5 Å². The van der Waals surface area contributed by atoms with Gasteiger partial charge in [0, 0.05) is 33.1 Å². The zero-order chi connectivity index (χ0) is 11.3. The van der Waals surface area contributed by atoms with Gasteiger partial charge >= 0.3 is 0 Å². The maximum absolute atomic E-state index is 11.4. The Kier molecular flexibility index (Phi) is 5.09. The summed E-state index contributed by atoms with van der Waals surface area (Å²) in [4.78, 5) is 13.0. The topological polar surface area (TPSA) is 32.3 Å². The number of amides is 1. The third-order valence-electron chi connectivity index (χ3n) is 3.36. The Bertz CT molecular complexity index is 204. The molecular weight excluding hydrogens is 188 g/mol. The fraction of sp³-hybridized carbons (Fsp3) is 0.917. The molecule has 0 aromatic heterocycles. The summed E-state index contributed by atoms with van der Waals surface area (Å²) in [6, 6.07) is 0.633. The highest BCUT2D eigenvalue weighted by atomic mass is 16.2. The molecule has 2 unspecified atom stereocenters. The lowest BCUT2D eigenvalue weighted by Gasteiger charge is -2.29. The smallest absolute Gasteiger partial charge is 0.223 e. The van der Waals surface area contributed by atoms with Crippen molar-refractivity contribution in [3.05, 3.63) is 0 Å². The Hall–Kier alpha value is -0.570. The first-order valence-electron chi connectivity index (χ1n) is 6.05. The Morgan fingerprint density at radius 1 is 1.33 bits per heavy atom. The molecule has 3 heteroatoms. The Labute approximate surface area is 93.2 Å². The van der Waals surface area contributed by atoms with Crippen molar-refractivity contribution < 1.29 is 4.79 Å². The van der Waals surface area contributed by atoms with E-state index in [-0.39, 0.29) is 5.91 Å². The molecule has 88 valence electrons.